The molecular formula is C15H24N4O. The number of anilines is 1. The summed E-state index contributed by atoms with van der Waals surface area (Å²) in [5.74, 6) is 6.71. The summed E-state index contributed by atoms with van der Waals surface area (Å²) in [6.45, 7) is 9.26. The summed E-state index contributed by atoms with van der Waals surface area (Å²) in [6, 6.07) is 3.51. The van der Waals surface area contributed by atoms with Crippen LogP contribution in [0.2, 0.25) is 0 Å². The van der Waals surface area contributed by atoms with Crippen LogP contribution >= 0.6 is 0 Å². The summed E-state index contributed by atoms with van der Waals surface area (Å²) in [5.41, 5.74) is 4.36. The molecule has 1 aromatic heterocycles. The molecular weight excluding hydrogens is 252 g/mol. The summed E-state index contributed by atoms with van der Waals surface area (Å²) in [6.07, 6.45) is 1.18. The molecule has 1 fully saturated rings. The third-order valence-corrected chi connectivity index (χ3v) is 4.07. The Kier molecular flexibility index (Phi) is 3.99. The number of carbonyl (C=O) groups is 1. The van der Waals surface area contributed by atoms with E-state index in [9.17, 15) is 4.79 Å². The molecule has 2 rings (SSSR count). The van der Waals surface area contributed by atoms with E-state index >= 15 is 0 Å². The highest BCUT2D eigenvalue weighted by molar-refractivity contribution is 5.95. The zero-order chi connectivity index (χ0) is 14.9. The molecule has 0 radical (unpaired) electrons. The number of pyridine rings is 1. The minimum atomic E-state index is -0.0616. The molecule has 1 atom stereocenters. The van der Waals surface area contributed by atoms with Gasteiger partial charge in [0.2, 0.25) is 0 Å². The van der Waals surface area contributed by atoms with Gasteiger partial charge in [0.15, 0.2) is 0 Å². The first kappa shape index (κ1) is 14.8. The molecule has 0 saturated heterocycles. The van der Waals surface area contributed by atoms with Crippen LogP contribution in [0.1, 0.15) is 56.1 Å². The third-order valence-electron chi connectivity index (χ3n) is 4.07. The molecule has 5 nitrogen and oxygen atoms in total. The molecule has 1 aliphatic carbocycles. The summed E-state index contributed by atoms with van der Waals surface area (Å²) < 4.78 is 0. The Morgan fingerprint density at radius 3 is 2.65 bits per heavy atom. The van der Waals surface area contributed by atoms with Gasteiger partial charge in [-0.1, -0.05) is 27.7 Å². The number of aromatic nitrogens is 1. The van der Waals surface area contributed by atoms with Crippen molar-refractivity contribution in [3.05, 3.63) is 23.4 Å². The van der Waals surface area contributed by atoms with E-state index in [0.717, 1.165) is 12.2 Å². The van der Waals surface area contributed by atoms with E-state index in [0.29, 0.717) is 22.7 Å². The Bertz CT molecular complexity index is 511. The van der Waals surface area contributed by atoms with Gasteiger partial charge in [-0.15, -0.1) is 0 Å². The van der Waals surface area contributed by atoms with Gasteiger partial charge in [0.25, 0.3) is 5.91 Å². The molecule has 110 valence electrons. The van der Waals surface area contributed by atoms with Crippen molar-refractivity contribution in [1.29, 1.82) is 0 Å². The Morgan fingerprint density at radius 2 is 2.15 bits per heavy atom. The molecule has 1 aromatic rings. The number of hydrogen-bond donors (Lipinski definition) is 3. The van der Waals surface area contributed by atoms with Crippen LogP contribution in [-0.4, -0.2) is 17.4 Å². The molecule has 1 unspecified atom stereocenters. The fourth-order valence-corrected chi connectivity index (χ4v) is 2.30. The highest BCUT2D eigenvalue weighted by Crippen LogP contribution is 2.50. The number of rotatable bonds is 5. The number of hydrogen-bond acceptors (Lipinski definition) is 4. The Hall–Kier alpha value is -1.62. The molecule has 1 aliphatic rings. The third kappa shape index (κ3) is 3.28. The van der Waals surface area contributed by atoms with Gasteiger partial charge >= 0.3 is 0 Å². The first-order valence-electron chi connectivity index (χ1n) is 7.10. The second-order valence-electron chi connectivity index (χ2n) is 6.56. The van der Waals surface area contributed by atoms with Crippen molar-refractivity contribution < 1.29 is 4.79 Å². The fraction of sp³-hybridized carbons (Fsp3) is 0.600. The van der Waals surface area contributed by atoms with Crippen LogP contribution in [0, 0.1) is 11.3 Å². The van der Waals surface area contributed by atoms with E-state index in [4.69, 9.17) is 5.84 Å². The lowest BCUT2D eigenvalue weighted by Gasteiger charge is -2.11. The normalized spacial score (nSPS) is 19.8. The molecule has 1 saturated carbocycles. The first-order valence-corrected chi connectivity index (χ1v) is 7.10. The summed E-state index contributed by atoms with van der Waals surface area (Å²) in [4.78, 5) is 16.6. The van der Waals surface area contributed by atoms with Gasteiger partial charge in [-0.3, -0.25) is 4.79 Å². The highest BCUT2D eigenvalue weighted by atomic mass is 16.1. The minimum absolute atomic E-state index is 0.0616. The molecule has 0 aliphatic heterocycles. The largest absolute Gasteiger partial charge is 0.352 e. The van der Waals surface area contributed by atoms with E-state index in [1.165, 1.54) is 6.42 Å². The lowest BCUT2D eigenvalue weighted by Crippen LogP contribution is -2.27. The van der Waals surface area contributed by atoms with Crippen LogP contribution in [0.3, 0.4) is 0 Å². The lowest BCUT2D eigenvalue weighted by atomic mass is 10.1. The van der Waals surface area contributed by atoms with Crippen LogP contribution < -0.4 is 16.6 Å². The number of carbonyl (C=O) groups excluding carboxylic acids is 1. The lowest BCUT2D eigenvalue weighted by molar-refractivity contribution is 0.0950. The molecule has 0 bridgehead atoms. The van der Waals surface area contributed by atoms with Gasteiger partial charge < -0.3 is 10.7 Å². The Labute approximate surface area is 120 Å². The van der Waals surface area contributed by atoms with Crippen molar-refractivity contribution in [2.24, 2.45) is 17.2 Å². The van der Waals surface area contributed by atoms with E-state index in [2.05, 4.69) is 29.6 Å². The maximum absolute atomic E-state index is 12.2. The Morgan fingerprint density at radius 1 is 1.50 bits per heavy atom. The van der Waals surface area contributed by atoms with Gasteiger partial charge in [-0.25, -0.2) is 10.8 Å². The molecule has 0 spiro atoms. The number of nitrogens with one attached hydrogen (secondary N) is 2. The number of nitrogen functional groups attached to an aromatic ring is 1. The monoisotopic (exact) mass is 276 g/mol. The van der Waals surface area contributed by atoms with Gasteiger partial charge in [0.1, 0.15) is 5.82 Å². The van der Waals surface area contributed by atoms with Gasteiger partial charge in [0, 0.05) is 17.8 Å². The summed E-state index contributed by atoms with van der Waals surface area (Å²) >= 11 is 0. The molecule has 4 N–H and O–H groups in total. The number of amides is 1. The zero-order valence-electron chi connectivity index (χ0n) is 12.7. The van der Waals surface area contributed by atoms with Crippen molar-refractivity contribution >= 4 is 11.7 Å². The average molecular weight is 276 g/mol. The SMILES string of the molecule is CC(C)c1cc(C(=O)NCC2CC2(C)C)cc(NN)n1. The van der Waals surface area contributed by atoms with Gasteiger partial charge in [-0.05, 0) is 35.8 Å². The zero-order valence-corrected chi connectivity index (χ0v) is 12.7. The standard InChI is InChI=1S/C15H24N4O/c1-9(2)12-5-10(6-13(18-12)19-16)14(20)17-8-11-7-15(11,3)4/h5-6,9,11H,7-8,16H2,1-4H3,(H,17,20)(H,18,19). The van der Waals surface area contributed by atoms with Crippen molar-refractivity contribution in [2.75, 3.05) is 12.0 Å². The molecule has 1 amide bonds. The van der Waals surface area contributed by atoms with Crippen LogP contribution in [-0.2, 0) is 0 Å². The van der Waals surface area contributed by atoms with Crippen molar-refractivity contribution in [2.45, 2.75) is 40.0 Å². The number of hydrazine groups is 1. The smallest absolute Gasteiger partial charge is 0.251 e. The van der Waals surface area contributed by atoms with E-state index < -0.39 is 0 Å². The van der Waals surface area contributed by atoms with Crippen LogP contribution in [0.4, 0.5) is 5.82 Å². The molecule has 5 heteroatoms. The Balaban J connectivity index is 2.06. The van der Waals surface area contributed by atoms with Crippen LogP contribution in [0.25, 0.3) is 0 Å². The second-order valence-corrected chi connectivity index (χ2v) is 6.56. The minimum Gasteiger partial charge on any atom is -0.352 e. The average Bonchev–Trinajstić information content (AvgIpc) is 3.02. The maximum Gasteiger partial charge on any atom is 0.251 e. The number of nitrogens with zero attached hydrogens (tertiary/aromatic N) is 1. The number of nitrogens with two attached hydrogens (primary N) is 1. The first-order chi connectivity index (χ1) is 9.33. The van der Waals surface area contributed by atoms with Gasteiger partial charge in [-0.2, -0.15) is 0 Å². The van der Waals surface area contributed by atoms with Crippen molar-refractivity contribution in [3.63, 3.8) is 0 Å². The topological polar surface area (TPSA) is 80.0 Å². The quantitative estimate of drug-likeness (QED) is 0.569. The van der Waals surface area contributed by atoms with E-state index in [1.54, 1.807) is 6.07 Å². The highest BCUT2D eigenvalue weighted by Gasteiger charge is 2.45. The summed E-state index contributed by atoms with van der Waals surface area (Å²) in [5, 5.41) is 3.00. The maximum atomic E-state index is 12.2. The van der Waals surface area contributed by atoms with E-state index in [-0.39, 0.29) is 11.8 Å². The predicted octanol–water partition coefficient (Wildman–Crippen LogP) is 2.27. The van der Waals surface area contributed by atoms with Gasteiger partial charge in [0.05, 0.1) is 0 Å². The van der Waals surface area contributed by atoms with Crippen LogP contribution in [0.5, 0.6) is 0 Å². The second kappa shape index (κ2) is 5.40. The fourth-order valence-electron chi connectivity index (χ4n) is 2.30. The van der Waals surface area contributed by atoms with Crippen LogP contribution in [0.15, 0.2) is 12.1 Å². The molecule has 1 heterocycles. The molecule has 0 aromatic carbocycles. The molecule has 20 heavy (non-hydrogen) atoms. The summed E-state index contributed by atoms with van der Waals surface area (Å²) in [7, 11) is 0. The van der Waals surface area contributed by atoms with E-state index in [1.807, 2.05) is 19.9 Å². The van der Waals surface area contributed by atoms with Crippen molar-refractivity contribution in [3.8, 4) is 0 Å². The predicted molar refractivity (Wildman–Crippen MR) is 80.4 cm³/mol. The van der Waals surface area contributed by atoms with Crippen molar-refractivity contribution in [1.82, 2.24) is 10.3 Å².